The maximum atomic E-state index is 11.4. The molecule has 0 unspecified atom stereocenters. The number of nitro groups is 1. The Hall–Kier alpha value is -2.62. The second-order valence-electron chi connectivity index (χ2n) is 4.29. The fourth-order valence-corrected chi connectivity index (χ4v) is 1.97. The summed E-state index contributed by atoms with van der Waals surface area (Å²) in [5.41, 5.74) is -1.76. The zero-order chi connectivity index (χ0) is 15.3. The van der Waals surface area contributed by atoms with E-state index in [9.17, 15) is 20.0 Å². The van der Waals surface area contributed by atoms with Crippen LogP contribution in [-0.4, -0.2) is 21.5 Å². The normalized spacial score (nSPS) is 10.7. The second-order valence-corrected chi connectivity index (χ2v) is 4.29. The van der Waals surface area contributed by atoms with Crippen molar-refractivity contribution < 1.29 is 14.8 Å². The first kappa shape index (κ1) is 15.4. The molecule has 0 amide bonds. The van der Waals surface area contributed by atoms with Crippen LogP contribution < -0.4 is 5.32 Å². The Morgan fingerprint density at radius 3 is 2.50 bits per heavy atom. The van der Waals surface area contributed by atoms with Crippen LogP contribution >= 0.6 is 0 Å². The Bertz CT molecular complexity index is 573. The molecule has 20 heavy (non-hydrogen) atoms. The molecule has 0 aromatic heterocycles. The average Bonchev–Trinajstić information content (AvgIpc) is 2.43. The number of carboxylic acids is 1. The number of aliphatic carboxylic acids is 1. The Morgan fingerprint density at radius 2 is 2.10 bits per heavy atom. The quantitative estimate of drug-likeness (QED) is 0.609. The second kappa shape index (κ2) is 6.02. The topological polar surface area (TPSA) is 116 Å². The van der Waals surface area contributed by atoms with Crippen LogP contribution in [0, 0.1) is 21.4 Å². The SMILES string of the molecule is CCC(CC)(Nc1cccc(C#N)c1[N+](=O)[O-])C(=O)O. The summed E-state index contributed by atoms with van der Waals surface area (Å²) < 4.78 is 0. The lowest BCUT2D eigenvalue weighted by Gasteiger charge is -2.29. The van der Waals surface area contributed by atoms with E-state index < -0.39 is 22.1 Å². The van der Waals surface area contributed by atoms with Crippen LogP contribution in [0.25, 0.3) is 0 Å². The van der Waals surface area contributed by atoms with Gasteiger partial charge in [0.1, 0.15) is 22.9 Å². The molecule has 0 saturated carbocycles. The minimum atomic E-state index is -1.29. The molecule has 106 valence electrons. The smallest absolute Gasteiger partial charge is 0.329 e. The summed E-state index contributed by atoms with van der Waals surface area (Å²) in [7, 11) is 0. The van der Waals surface area contributed by atoms with Gasteiger partial charge >= 0.3 is 11.7 Å². The van der Waals surface area contributed by atoms with Crippen molar-refractivity contribution in [2.45, 2.75) is 32.2 Å². The van der Waals surface area contributed by atoms with Crippen molar-refractivity contribution in [2.75, 3.05) is 5.32 Å². The van der Waals surface area contributed by atoms with Gasteiger partial charge in [0, 0.05) is 0 Å². The predicted octanol–water partition coefficient (Wildman–Crippen LogP) is 2.52. The van der Waals surface area contributed by atoms with Gasteiger partial charge < -0.3 is 10.4 Å². The molecule has 7 nitrogen and oxygen atoms in total. The molecule has 1 aromatic carbocycles. The number of hydrogen-bond donors (Lipinski definition) is 2. The number of carboxylic acid groups (broad SMARTS) is 1. The van der Waals surface area contributed by atoms with Crippen LogP contribution in [0.3, 0.4) is 0 Å². The van der Waals surface area contributed by atoms with Crippen molar-refractivity contribution in [3.8, 4) is 6.07 Å². The van der Waals surface area contributed by atoms with Crippen LogP contribution in [0.1, 0.15) is 32.3 Å². The number of carbonyl (C=O) groups is 1. The van der Waals surface area contributed by atoms with Crippen molar-refractivity contribution in [2.24, 2.45) is 0 Å². The maximum absolute atomic E-state index is 11.4. The standard InChI is InChI=1S/C13H15N3O4/c1-3-13(4-2,12(17)18)15-10-7-5-6-9(8-14)11(10)16(19)20/h5-7,15H,3-4H2,1-2H3,(H,17,18). The van der Waals surface area contributed by atoms with Crippen molar-refractivity contribution in [3.05, 3.63) is 33.9 Å². The van der Waals surface area contributed by atoms with Gasteiger partial charge in [0.25, 0.3) is 0 Å². The molecule has 0 saturated heterocycles. The molecule has 0 atom stereocenters. The highest BCUT2D eigenvalue weighted by Gasteiger charge is 2.36. The third-order valence-corrected chi connectivity index (χ3v) is 3.33. The van der Waals surface area contributed by atoms with Gasteiger partial charge in [-0.15, -0.1) is 0 Å². The molecular formula is C13H15N3O4. The van der Waals surface area contributed by atoms with E-state index in [0.29, 0.717) is 0 Å². The molecule has 0 aliphatic heterocycles. The molecule has 0 bridgehead atoms. The third-order valence-electron chi connectivity index (χ3n) is 3.33. The van der Waals surface area contributed by atoms with E-state index >= 15 is 0 Å². The van der Waals surface area contributed by atoms with E-state index in [1.807, 2.05) is 0 Å². The Morgan fingerprint density at radius 1 is 1.50 bits per heavy atom. The number of nitrogens with zero attached hydrogens (tertiary/aromatic N) is 2. The first-order valence-electron chi connectivity index (χ1n) is 6.11. The Kier molecular flexibility index (Phi) is 4.64. The summed E-state index contributed by atoms with van der Waals surface area (Å²) in [6.45, 7) is 3.37. The van der Waals surface area contributed by atoms with Crippen molar-refractivity contribution in [1.29, 1.82) is 5.26 Å². The lowest BCUT2D eigenvalue weighted by molar-refractivity contribution is -0.384. The highest BCUT2D eigenvalue weighted by atomic mass is 16.6. The van der Waals surface area contributed by atoms with E-state index in [1.165, 1.54) is 18.2 Å². The minimum absolute atomic E-state index is 0.0418. The molecule has 1 rings (SSSR count). The van der Waals surface area contributed by atoms with E-state index in [1.54, 1.807) is 19.9 Å². The highest BCUT2D eigenvalue weighted by Crippen LogP contribution is 2.32. The highest BCUT2D eigenvalue weighted by molar-refractivity contribution is 5.84. The zero-order valence-corrected chi connectivity index (χ0v) is 11.2. The Labute approximate surface area is 116 Å². The summed E-state index contributed by atoms with van der Waals surface area (Å²) in [5, 5.41) is 32.1. The molecule has 2 N–H and O–H groups in total. The fourth-order valence-electron chi connectivity index (χ4n) is 1.97. The van der Waals surface area contributed by atoms with Gasteiger partial charge in [-0.05, 0) is 25.0 Å². The summed E-state index contributed by atoms with van der Waals surface area (Å²) >= 11 is 0. The molecule has 1 aromatic rings. The van der Waals surface area contributed by atoms with E-state index in [2.05, 4.69) is 5.32 Å². The number of nitriles is 1. The van der Waals surface area contributed by atoms with Crippen molar-refractivity contribution in [1.82, 2.24) is 0 Å². The predicted molar refractivity (Wildman–Crippen MR) is 72.4 cm³/mol. The van der Waals surface area contributed by atoms with Gasteiger partial charge in [-0.2, -0.15) is 5.26 Å². The molecule has 7 heteroatoms. The van der Waals surface area contributed by atoms with Crippen LogP contribution in [0.15, 0.2) is 18.2 Å². The van der Waals surface area contributed by atoms with Crippen molar-refractivity contribution >= 4 is 17.3 Å². The lowest BCUT2D eigenvalue weighted by atomic mass is 9.92. The summed E-state index contributed by atoms with van der Waals surface area (Å²) in [5.74, 6) is -1.08. The first-order valence-corrected chi connectivity index (χ1v) is 6.11. The van der Waals surface area contributed by atoms with Crippen LogP contribution in [0.2, 0.25) is 0 Å². The number of anilines is 1. The van der Waals surface area contributed by atoms with Gasteiger partial charge in [0.05, 0.1) is 4.92 Å². The number of benzene rings is 1. The monoisotopic (exact) mass is 277 g/mol. The zero-order valence-electron chi connectivity index (χ0n) is 11.2. The van der Waals surface area contributed by atoms with Crippen LogP contribution in [0.4, 0.5) is 11.4 Å². The molecule has 0 radical (unpaired) electrons. The van der Waals surface area contributed by atoms with E-state index in [0.717, 1.165) is 0 Å². The summed E-state index contributed by atoms with van der Waals surface area (Å²) in [6.07, 6.45) is 0.513. The average molecular weight is 277 g/mol. The number of hydrogen-bond acceptors (Lipinski definition) is 5. The van der Waals surface area contributed by atoms with Gasteiger partial charge in [-0.3, -0.25) is 10.1 Å². The van der Waals surface area contributed by atoms with Crippen molar-refractivity contribution in [3.63, 3.8) is 0 Å². The van der Waals surface area contributed by atoms with E-state index in [4.69, 9.17) is 5.26 Å². The number of rotatable bonds is 6. The number of nitrogens with one attached hydrogen (secondary N) is 1. The number of nitro benzene ring substituents is 1. The molecule has 0 aliphatic carbocycles. The maximum Gasteiger partial charge on any atom is 0.329 e. The minimum Gasteiger partial charge on any atom is -0.480 e. The van der Waals surface area contributed by atoms with Gasteiger partial charge in [-0.1, -0.05) is 19.9 Å². The van der Waals surface area contributed by atoms with Gasteiger partial charge in [0.15, 0.2) is 0 Å². The van der Waals surface area contributed by atoms with Gasteiger partial charge in [-0.25, -0.2) is 4.79 Å². The summed E-state index contributed by atoms with van der Waals surface area (Å²) in [6, 6.07) is 5.95. The van der Waals surface area contributed by atoms with Gasteiger partial charge in [0.2, 0.25) is 0 Å². The van der Waals surface area contributed by atoms with E-state index in [-0.39, 0.29) is 24.1 Å². The molecule has 0 aliphatic rings. The molecule has 0 fully saturated rings. The number of para-hydroxylation sites is 1. The largest absolute Gasteiger partial charge is 0.480 e. The van der Waals surface area contributed by atoms with Crippen LogP contribution in [-0.2, 0) is 4.79 Å². The first-order chi connectivity index (χ1) is 9.41. The molecular weight excluding hydrogens is 262 g/mol. The lowest BCUT2D eigenvalue weighted by Crippen LogP contribution is -2.45. The molecule has 0 heterocycles. The fraction of sp³-hybridized carbons (Fsp3) is 0.385. The molecule has 0 spiro atoms. The van der Waals surface area contributed by atoms with Crippen LogP contribution in [0.5, 0.6) is 0 Å². The summed E-state index contributed by atoms with van der Waals surface area (Å²) in [4.78, 5) is 21.8. The Balaban J connectivity index is 3.38. The third kappa shape index (κ3) is 2.69.